The van der Waals surface area contributed by atoms with E-state index in [2.05, 4.69) is 14.9 Å². The smallest absolute Gasteiger partial charge is 0.226 e. The molecule has 3 aliphatic rings. The van der Waals surface area contributed by atoms with E-state index in [1.54, 1.807) is 6.20 Å². The molecule has 20 heavy (non-hydrogen) atoms. The lowest BCUT2D eigenvalue weighted by atomic mass is 9.93. The summed E-state index contributed by atoms with van der Waals surface area (Å²) in [6, 6.07) is 1.94. The first kappa shape index (κ1) is 12.1. The Hall–Kier alpha value is -1.65. The van der Waals surface area contributed by atoms with Crippen LogP contribution in [0.1, 0.15) is 43.7 Å². The fourth-order valence-corrected chi connectivity index (χ4v) is 3.64. The molecule has 3 fully saturated rings. The molecule has 5 nitrogen and oxygen atoms in total. The van der Waals surface area contributed by atoms with Gasteiger partial charge in [-0.1, -0.05) is 0 Å². The monoisotopic (exact) mass is 272 g/mol. The first-order valence-electron chi connectivity index (χ1n) is 7.55. The average molecular weight is 272 g/mol. The number of nitrogens with two attached hydrogens (primary N) is 1. The van der Waals surface area contributed by atoms with Gasteiger partial charge in [-0.05, 0) is 43.6 Å². The SMILES string of the molecule is Nc1nccc(C2CCN(C(=O)C3CC34CC4)CC2)n1. The molecule has 106 valence electrons. The van der Waals surface area contributed by atoms with Crippen molar-refractivity contribution >= 4 is 11.9 Å². The van der Waals surface area contributed by atoms with Crippen molar-refractivity contribution in [2.24, 2.45) is 11.3 Å². The highest BCUT2D eigenvalue weighted by molar-refractivity contribution is 5.83. The van der Waals surface area contributed by atoms with E-state index in [0.717, 1.165) is 38.0 Å². The molecular weight excluding hydrogens is 252 g/mol. The van der Waals surface area contributed by atoms with Crippen molar-refractivity contribution in [3.05, 3.63) is 18.0 Å². The molecule has 1 saturated heterocycles. The standard InChI is InChI=1S/C15H20N4O/c16-14-17-6-1-12(18-14)10-2-7-19(8-3-10)13(20)11-9-15(11)4-5-15/h1,6,10-11H,2-5,7-9H2,(H2,16,17,18). The van der Waals surface area contributed by atoms with Crippen LogP contribution in [0.2, 0.25) is 0 Å². The van der Waals surface area contributed by atoms with Gasteiger partial charge in [-0.15, -0.1) is 0 Å². The number of hydrogen-bond acceptors (Lipinski definition) is 4. The van der Waals surface area contributed by atoms with Gasteiger partial charge in [0.15, 0.2) is 0 Å². The van der Waals surface area contributed by atoms with Gasteiger partial charge in [-0.3, -0.25) is 4.79 Å². The Kier molecular flexibility index (Phi) is 2.53. The van der Waals surface area contributed by atoms with Gasteiger partial charge < -0.3 is 10.6 Å². The number of nitrogens with zero attached hydrogens (tertiary/aromatic N) is 3. The van der Waals surface area contributed by atoms with Gasteiger partial charge in [0.05, 0.1) is 0 Å². The Morgan fingerprint density at radius 2 is 2.10 bits per heavy atom. The second kappa shape index (κ2) is 4.17. The van der Waals surface area contributed by atoms with E-state index in [0.29, 0.717) is 29.1 Å². The first-order valence-corrected chi connectivity index (χ1v) is 7.55. The summed E-state index contributed by atoms with van der Waals surface area (Å²) < 4.78 is 0. The average Bonchev–Trinajstić information content (AvgIpc) is 3.39. The summed E-state index contributed by atoms with van der Waals surface area (Å²) in [5.41, 5.74) is 7.13. The lowest BCUT2D eigenvalue weighted by molar-refractivity contribution is -0.134. The number of aromatic nitrogens is 2. The summed E-state index contributed by atoms with van der Waals surface area (Å²) in [6.07, 6.45) is 7.40. The van der Waals surface area contributed by atoms with E-state index < -0.39 is 0 Å². The number of nitrogen functional groups attached to an aromatic ring is 1. The van der Waals surface area contributed by atoms with Crippen LogP contribution in [-0.4, -0.2) is 33.9 Å². The zero-order chi connectivity index (χ0) is 13.7. The van der Waals surface area contributed by atoms with Gasteiger partial charge in [0.25, 0.3) is 0 Å². The predicted molar refractivity (Wildman–Crippen MR) is 74.8 cm³/mol. The molecule has 1 aromatic heterocycles. The molecule has 0 bridgehead atoms. The molecule has 1 atom stereocenters. The summed E-state index contributed by atoms with van der Waals surface area (Å²) in [5.74, 6) is 1.52. The fraction of sp³-hybridized carbons (Fsp3) is 0.667. The van der Waals surface area contributed by atoms with Crippen LogP contribution in [0.3, 0.4) is 0 Å². The predicted octanol–water partition coefficient (Wildman–Crippen LogP) is 1.56. The third-order valence-electron chi connectivity index (χ3n) is 5.30. The van der Waals surface area contributed by atoms with E-state index in [1.165, 1.54) is 12.8 Å². The second-order valence-electron chi connectivity index (χ2n) is 6.56. The Bertz CT molecular complexity index is 547. The highest BCUT2D eigenvalue weighted by Crippen LogP contribution is 2.71. The van der Waals surface area contributed by atoms with Crippen molar-refractivity contribution < 1.29 is 4.79 Å². The minimum Gasteiger partial charge on any atom is -0.368 e. The topological polar surface area (TPSA) is 72.1 Å². The van der Waals surface area contributed by atoms with Crippen molar-refractivity contribution in [3.63, 3.8) is 0 Å². The number of rotatable bonds is 2. The maximum Gasteiger partial charge on any atom is 0.226 e. The molecule has 2 aliphatic carbocycles. The number of carbonyl (C=O) groups is 1. The quantitative estimate of drug-likeness (QED) is 0.887. The van der Waals surface area contributed by atoms with Gasteiger partial charge in [-0.25, -0.2) is 9.97 Å². The van der Waals surface area contributed by atoms with Crippen LogP contribution in [0.15, 0.2) is 12.3 Å². The summed E-state index contributed by atoms with van der Waals surface area (Å²) in [5, 5.41) is 0. The minimum absolute atomic E-state index is 0.342. The van der Waals surface area contributed by atoms with Crippen LogP contribution >= 0.6 is 0 Å². The molecule has 0 radical (unpaired) electrons. The highest BCUT2D eigenvalue weighted by Gasteiger charge is 2.66. The lowest BCUT2D eigenvalue weighted by Crippen LogP contribution is -2.39. The van der Waals surface area contributed by atoms with E-state index in [4.69, 9.17) is 5.73 Å². The Morgan fingerprint density at radius 3 is 2.70 bits per heavy atom. The van der Waals surface area contributed by atoms with Gasteiger partial charge >= 0.3 is 0 Å². The molecule has 1 spiro atoms. The molecule has 1 aliphatic heterocycles. The summed E-state index contributed by atoms with van der Waals surface area (Å²) in [7, 11) is 0. The van der Waals surface area contributed by atoms with Gasteiger partial charge in [-0.2, -0.15) is 0 Å². The van der Waals surface area contributed by atoms with E-state index >= 15 is 0 Å². The van der Waals surface area contributed by atoms with Crippen LogP contribution < -0.4 is 5.73 Å². The van der Waals surface area contributed by atoms with Crippen LogP contribution in [-0.2, 0) is 4.79 Å². The third-order valence-corrected chi connectivity index (χ3v) is 5.30. The Labute approximate surface area is 118 Å². The molecule has 5 heteroatoms. The lowest BCUT2D eigenvalue weighted by Gasteiger charge is -2.32. The van der Waals surface area contributed by atoms with Gasteiger partial charge in [0.2, 0.25) is 11.9 Å². The van der Waals surface area contributed by atoms with Crippen molar-refractivity contribution in [1.29, 1.82) is 0 Å². The first-order chi connectivity index (χ1) is 9.68. The highest BCUT2D eigenvalue weighted by atomic mass is 16.2. The number of amides is 1. The van der Waals surface area contributed by atoms with Crippen molar-refractivity contribution in [2.45, 2.75) is 38.0 Å². The van der Waals surface area contributed by atoms with Crippen LogP contribution in [0.4, 0.5) is 5.95 Å². The van der Waals surface area contributed by atoms with Gasteiger partial charge in [0, 0.05) is 36.8 Å². The largest absolute Gasteiger partial charge is 0.368 e. The Balaban J connectivity index is 1.37. The summed E-state index contributed by atoms with van der Waals surface area (Å²) >= 11 is 0. The molecule has 4 rings (SSSR count). The van der Waals surface area contributed by atoms with E-state index in [1.807, 2.05) is 6.07 Å². The molecule has 1 unspecified atom stereocenters. The van der Waals surface area contributed by atoms with Crippen LogP contribution in [0, 0.1) is 11.3 Å². The molecule has 1 aromatic rings. The van der Waals surface area contributed by atoms with Crippen LogP contribution in [0.5, 0.6) is 0 Å². The Morgan fingerprint density at radius 1 is 1.35 bits per heavy atom. The minimum atomic E-state index is 0.342. The molecule has 2 N–H and O–H groups in total. The third kappa shape index (κ3) is 1.96. The summed E-state index contributed by atoms with van der Waals surface area (Å²) in [6.45, 7) is 1.72. The number of carbonyl (C=O) groups excluding carboxylic acids is 1. The molecule has 1 amide bonds. The normalized spacial score (nSPS) is 27.6. The molecular formula is C15H20N4O. The van der Waals surface area contributed by atoms with Gasteiger partial charge in [0.1, 0.15) is 0 Å². The van der Waals surface area contributed by atoms with E-state index in [9.17, 15) is 4.79 Å². The molecule has 2 heterocycles. The molecule has 2 saturated carbocycles. The van der Waals surface area contributed by atoms with Crippen LogP contribution in [0.25, 0.3) is 0 Å². The second-order valence-corrected chi connectivity index (χ2v) is 6.56. The zero-order valence-corrected chi connectivity index (χ0v) is 11.6. The van der Waals surface area contributed by atoms with Crippen molar-refractivity contribution in [1.82, 2.24) is 14.9 Å². The van der Waals surface area contributed by atoms with Crippen molar-refractivity contribution in [3.8, 4) is 0 Å². The van der Waals surface area contributed by atoms with Crippen molar-refractivity contribution in [2.75, 3.05) is 18.8 Å². The molecule has 0 aromatic carbocycles. The maximum atomic E-state index is 12.4. The number of hydrogen-bond donors (Lipinski definition) is 1. The summed E-state index contributed by atoms with van der Waals surface area (Å²) in [4.78, 5) is 22.7. The number of anilines is 1. The number of likely N-dealkylation sites (tertiary alicyclic amines) is 1. The van der Waals surface area contributed by atoms with E-state index in [-0.39, 0.29) is 0 Å². The zero-order valence-electron chi connectivity index (χ0n) is 11.6. The fourth-order valence-electron chi connectivity index (χ4n) is 3.64. The maximum absolute atomic E-state index is 12.4. The number of piperidine rings is 1.